The summed E-state index contributed by atoms with van der Waals surface area (Å²) >= 11 is 2.73. The quantitative estimate of drug-likeness (QED) is 0.0628. The van der Waals surface area contributed by atoms with Crippen LogP contribution in [0.3, 0.4) is 0 Å². The Bertz CT molecular complexity index is 1470. The molecular formula is C29H26N4O4S2. The van der Waals surface area contributed by atoms with Crippen LogP contribution in [0.4, 0.5) is 5.13 Å². The van der Waals surface area contributed by atoms with E-state index in [-0.39, 0.29) is 16.5 Å². The Morgan fingerprint density at radius 2 is 1.85 bits per heavy atom. The third-order valence-electron chi connectivity index (χ3n) is 6.15. The number of aliphatic hydroxyl groups is 1. The number of carbonyl (C=O) groups is 2. The third-order valence-corrected chi connectivity index (χ3v) is 8.27. The van der Waals surface area contributed by atoms with Crippen molar-refractivity contribution in [3.63, 3.8) is 0 Å². The summed E-state index contributed by atoms with van der Waals surface area (Å²) in [5.41, 5.74) is 2.09. The van der Waals surface area contributed by atoms with Gasteiger partial charge in [-0.05, 0) is 47.9 Å². The molecule has 39 heavy (non-hydrogen) atoms. The maximum atomic E-state index is 13.3. The van der Waals surface area contributed by atoms with E-state index in [1.54, 1.807) is 48.8 Å². The Morgan fingerprint density at radius 3 is 2.56 bits per heavy atom. The molecule has 1 saturated heterocycles. The average Bonchev–Trinajstić information content (AvgIpc) is 3.55. The minimum Gasteiger partial charge on any atom is -0.507 e. The van der Waals surface area contributed by atoms with Gasteiger partial charge in [-0.25, -0.2) is 0 Å². The van der Waals surface area contributed by atoms with Crippen molar-refractivity contribution in [3.05, 3.63) is 101 Å². The van der Waals surface area contributed by atoms with Crippen molar-refractivity contribution in [2.24, 2.45) is 0 Å². The smallest absolute Gasteiger partial charge is 0.301 e. The number of amides is 1. The van der Waals surface area contributed by atoms with Crippen molar-refractivity contribution >= 4 is 45.7 Å². The number of aromatic nitrogens is 3. The molecular weight excluding hydrogens is 532 g/mol. The van der Waals surface area contributed by atoms with Crippen LogP contribution >= 0.6 is 23.1 Å². The summed E-state index contributed by atoms with van der Waals surface area (Å²) in [5.74, 6) is -0.482. The van der Waals surface area contributed by atoms with Crippen LogP contribution in [0.5, 0.6) is 5.75 Å². The molecule has 1 fully saturated rings. The van der Waals surface area contributed by atoms with Crippen molar-refractivity contribution < 1.29 is 19.4 Å². The molecule has 10 heteroatoms. The minimum absolute atomic E-state index is 0.0265. The van der Waals surface area contributed by atoms with Gasteiger partial charge < -0.3 is 9.84 Å². The molecule has 3 heterocycles. The van der Waals surface area contributed by atoms with Crippen LogP contribution in [-0.2, 0) is 15.3 Å². The maximum Gasteiger partial charge on any atom is 0.301 e. The molecule has 0 aliphatic carbocycles. The van der Waals surface area contributed by atoms with Crippen LogP contribution in [0.25, 0.3) is 5.76 Å². The van der Waals surface area contributed by atoms with Crippen molar-refractivity contribution in [1.29, 1.82) is 0 Å². The van der Waals surface area contributed by atoms with Gasteiger partial charge in [-0.1, -0.05) is 72.8 Å². The number of nitrogens with zero attached hydrogens (tertiary/aromatic N) is 4. The number of benzene rings is 2. The van der Waals surface area contributed by atoms with Gasteiger partial charge in [0.1, 0.15) is 11.5 Å². The van der Waals surface area contributed by atoms with Crippen molar-refractivity contribution in [1.82, 2.24) is 15.2 Å². The number of carbonyl (C=O) groups excluding carboxylic acids is 2. The summed E-state index contributed by atoms with van der Waals surface area (Å²) in [6, 6.07) is 19.4. The summed E-state index contributed by atoms with van der Waals surface area (Å²) in [5, 5.41) is 20.1. The Kier molecular flexibility index (Phi) is 8.33. The number of hydrogen-bond donors (Lipinski definition) is 1. The lowest BCUT2D eigenvalue weighted by atomic mass is 9.96. The number of thioether (sulfide) groups is 1. The SMILES string of the molecule is CCCCOc1ccc(C(O)=C2C(=O)C(=O)N(c3nnc(SCc4ccccc4)s3)C2c2cccnc2)cc1. The van der Waals surface area contributed by atoms with Gasteiger partial charge in [-0.2, -0.15) is 0 Å². The van der Waals surface area contributed by atoms with Crippen molar-refractivity contribution in [2.45, 2.75) is 35.9 Å². The van der Waals surface area contributed by atoms with Gasteiger partial charge in [0.15, 0.2) is 4.34 Å². The Morgan fingerprint density at radius 1 is 1.05 bits per heavy atom. The second kappa shape index (κ2) is 12.2. The number of unbranched alkanes of at least 4 members (excludes halogenated alkanes) is 1. The fraction of sp³-hybridized carbons (Fsp3) is 0.207. The van der Waals surface area contributed by atoms with E-state index >= 15 is 0 Å². The normalized spacial score (nSPS) is 16.5. The highest BCUT2D eigenvalue weighted by Gasteiger charge is 2.48. The third kappa shape index (κ3) is 5.86. The van der Waals surface area contributed by atoms with E-state index in [0.717, 1.165) is 18.4 Å². The first-order valence-corrected chi connectivity index (χ1v) is 14.3. The molecule has 1 aliphatic heterocycles. The molecule has 198 valence electrons. The number of rotatable bonds is 10. The second-order valence-corrected chi connectivity index (χ2v) is 11.0. The minimum atomic E-state index is -0.904. The summed E-state index contributed by atoms with van der Waals surface area (Å²) in [6.07, 6.45) is 5.15. The van der Waals surface area contributed by atoms with E-state index in [1.807, 2.05) is 30.3 Å². The number of aliphatic hydroxyl groups excluding tert-OH is 1. The zero-order chi connectivity index (χ0) is 27.2. The predicted octanol–water partition coefficient (Wildman–Crippen LogP) is 6.03. The number of anilines is 1. The number of ether oxygens (including phenoxy) is 1. The van der Waals surface area contributed by atoms with Gasteiger partial charge in [-0.3, -0.25) is 19.5 Å². The monoisotopic (exact) mass is 558 g/mol. The van der Waals surface area contributed by atoms with Crippen LogP contribution in [-0.4, -0.2) is 38.6 Å². The van der Waals surface area contributed by atoms with Gasteiger partial charge in [0.2, 0.25) is 5.13 Å². The zero-order valence-corrected chi connectivity index (χ0v) is 22.8. The summed E-state index contributed by atoms with van der Waals surface area (Å²) in [7, 11) is 0. The molecule has 1 N–H and O–H groups in total. The highest BCUT2D eigenvalue weighted by atomic mass is 32.2. The van der Waals surface area contributed by atoms with Crippen molar-refractivity contribution in [2.75, 3.05) is 11.5 Å². The van der Waals surface area contributed by atoms with E-state index in [0.29, 0.717) is 33.6 Å². The highest BCUT2D eigenvalue weighted by Crippen LogP contribution is 2.44. The molecule has 5 rings (SSSR count). The summed E-state index contributed by atoms with van der Waals surface area (Å²) < 4.78 is 6.38. The first-order chi connectivity index (χ1) is 19.1. The lowest BCUT2D eigenvalue weighted by Crippen LogP contribution is -2.29. The van der Waals surface area contributed by atoms with E-state index in [2.05, 4.69) is 22.1 Å². The van der Waals surface area contributed by atoms with Crippen molar-refractivity contribution in [3.8, 4) is 5.75 Å². The molecule has 0 spiro atoms. The Balaban J connectivity index is 1.47. The fourth-order valence-electron chi connectivity index (χ4n) is 4.16. The molecule has 0 bridgehead atoms. The number of Topliss-reactive ketones (excluding diaryl/α,β-unsaturated/α-hetero) is 1. The second-order valence-electron chi connectivity index (χ2n) is 8.81. The topological polar surface area (TPSA) is 106 Å². The first kappa shape index (κ1) is 26.6. The van der Waals surface area contributed by atoms with Gasteiger partial charge in [0.05, 0.1) is 18.2 Å². The average molecular weight is 559 g/mol. The van der Waals surface area contributed by atoms with E-state index in [1.165, 1.54) is 28.0 Å². The summed E-state index contributed by atoms with van der Waals surface area (Å²) in [6.45, 7) is 2.69. The van der Waals surface area contributed by atoms with E-state index in [4.69, 9.17) is 4.74 Å². The van der Waals surface area contributed by atoms with Crippen LogP contribution < -0.4 is 9.64 Å². The molecule has 2 aromatic heterocycles. The number of ketones is 1. The Hall–Kier alpha value is -4.02. The Labute approximate surface area is 234 Å². The molecule has 1 amide bonds. The van der Waals surface area contributed by atoms with Crippen LogP contribution in [0.2, 0.25) is 0 Å². The number of pyridine rings is 1. The predicted molar refractivity (Wildman–Crippen MR) is 152 cm³/mol. The van der Waals surface area contributed by atoms with Crippen LogP contribution in [0.1, 0.15) is 42.5 Å². The maximum absolute atomic E-state index is 13.3. The molecule has 0 radical (unpaired) electrons. The molecule has 1 aliphatic rings. The lowest BCUT2D eigenvalue weighted by molar-refractivity contribution is -0.132. The van der Waals surface area contributed by atoms with Gasteiger partial charge in [0.25, 0.3) is 5.78 Å². The van der Waals surface area contributed by atoms with Gasteiger partial charge in [-0.15, -0.1) is 10.2 Å². The van der Waals surface area contributed by atoms with Crippen LogP contribution in [0.15, 0.2) is 89.0 Å². The molecule has 2 aromatic carbocycles. The molecule has 0 saturated carbocycles. The molecule has 1 unspecified atom stereocenters. The molecule has 1 atom stereocenters. The zero-order valence-electron chi connectivity index (χ0n) is 21.2. The van der Waals surface area contributed by atoms with E-state index in [9.17, 15) is 14.7 Å². The van der Waals surface area contributed by atoms with E-state index < -0.39 is 17.7 Å². The lowest BCUT2D eigenvalue weighted by Gasteiger charge is -2.22. The number of hydrogen-bond acceptors (Lipinski definition) is 9. The first-order valence-electron chi connectivity index (χ1n) is 12.5. The fourth-order valence-corrected chi connectivity index (χ4v) is 5.98. The molecule has 8 nitrogen and oxygen atoms in total. The highest BCUT2D eigenvalue weighted by molar-refractivity contribution is 8.00. The summed E-state index contributed by atoms with van der Waals surface area (Å²) in [4.78, 5) is 32.2. The standard InChI is InChI=1S/C29H26N4O4S2/c1-2-3-16-37-22-13-11-20(12-14-22)25(34)23-24(21-10-7-15-30-17-21)33(27(36)26(23)35)28-31-32-29(39-28)38-18-19-8-5-4-6-9-19/h4-15,17,24,34H,2-3,16,18H2,1H3. The van der Waals surface area contributed by atoms with Gasteiger partial charge >= 0.3 is 5.91 Å². The largest absolute Gasteiger partial charge is 0.507 e. The van der Waals surface area contributed by atoms with Crippen LogP contribution in [0, 0.1) is 0 Å². The van der Waals surface area contributed by atoms with Gasteiger partial charge in [0, 0.05) is 23.7 Å². The molecule has 4 aromatic rings.